The Morgan fingerprint density at radius 2 is 1.10 bits per heavy atom. The zero-order valence-corrected chi connectivity index (χ0v) is 27.8. The fourth-order valence-corrected chi connectivity index (χ4v) is 5.06. The molecule has 0 aliphatic carbocycles. The predicted molar refractivity (Wildman–Crippen MR) is 183 cm³/mol. The molecule has 3 nitrogen and oxygen atoms in total. The van der Waals surface area contributed by atoms with E-state index in [2.05, 4.69) is 69.0 Å². The van der Waals surface area contributed by atoms with E-state index in [0.29, 0.717) is 6.42 Å². The van der Waals surface area contributed by atoms with Gasteiger partial charge >= 0.3 is 5.97 Å². The summed E-state index contributed by atoms with van der Waals surface area (Å²) in [7, 11) is 4.11. The molecular formula is C38H69NO2. The summed E-state index contributed by atoms with van der Waals surface area (Å²) in [6.07, 6.45) is 44.4. The lowest BCUT2D eigenvalue weighted by Crippen LogP contribution is -2.20. The first kappa shape index (κ1) is 39.4. The Morgan fingerprint density at radius 1 is 0.634 bits per heavy atom. The van der Waals surface area contributed by atoms with Crippen molar-refractivity contribution in [2.75, 3.05) is 20.6 Å². The normalized spacial score (nSPS) is 12.8. The van der Waals surface area contributed by atoms with Gasteiger partial charge in [-0.15, -0.1) is 6.58 Å². The van der Waals surface area contributed by atoms with E-state index in [0.717, 1.165) is 38.6 Å². The van der Waals surface area contributed by atoms with Crippen LogP contribution in [0.5, 0.6) is 0 Å². The summed E-state index contributed by atoms with van der Waals surface area (Å²) in [5.41, 5.74) is 0. The number of carbonyl (C=O) groups excluding carboxylic acids is 1. The van der Waals surface area contributed by atoms with E-state index >= 15 is 0 Å². The van der Waals surface area contributed by atoms with Crippen LogP contribution in [0.2, 0.25) is 0 Å². The Kier molecular flexibility index (Phi) is 31.6. The molecule has 238 valence electrons. The van der Waals surface area contributed by atoms with Gasteiger partial charge in [0.15, 0.2) is 0 Å². The highest BCUT2D eigenvalue weighted by atomic mass is 16.5. The Hall–Kier alpha value is -1.61. The number of unbranched alkanes of at least 4 members (excludes halogenated alkanes) is 15. The molecule has 0 rings (SSSR count). The number of allylic oxidation sites excluding steroid dienone is 7. The van der Waals surface area contributed by atoms with E-state index in [-0.39, 0.29) is 12.1 Å². The van der Waals surface area contributed by atoms with Crippen molar-refractivity contribution >= 4 is 5.97 Å². The maximum atomic E-state index is 12.4. The smallest absolute Gasteiger partial charge is 0.306 e. The van der Waals surface area contributed by atoms with Crippen LogP contribution in [0.4, 0.5) is 0 Å². The fraction of sp³-hybridized carbons (Fsp3) is 0.763. The topological polar surface area (TPSA) is 29.5 Å². The van der Waals surface area contributed by atoms with Crippen LogP contribution in [-0.4, -0.2) is 37.6 Å². The zero-order chi connectivity index (χ0) is 30.1. The largest absolute Gasteiger partial charge is 0.462 e. The highest BCUT2D eigenvalue weighted by Crippen LogP contribution is 2.18. The Balaban J connectivity index is 4.01. The molecule has 0 radical (unpaired) electrons. The van der Waals surface area contributed by atoms with Crippen LogP contribution in [0.15, 0.2) is 49.1 Å². The molecule has 0 spiro atoms. The minimum Gasteiger partial charge on any atom is -0.462 e. The van der Waals surface area contributed by atoms with Crippen LogP contribution in [0, 0.1) is 0 Å². The molecule has 41 heavy (non-hydrogen) atoms. The first-order valence-electron chi connectivity index (χ1n) is 17.5. The maximum Gasteiger partial charge on any atom is 0.306 e. The number of hydrogen-bond acceptors (Lipinski definition) is 3. The lowest BCUT2D eigenvalue weighted by atomic mass is 10.0. The average molecular weight is 572 g/mol. The second kappa shape index (κ2) is 32.9. The number of rotatable bonds is 31. The summed E-state index contributed by atoms with van der Waals surface area (Å²) in [6, 6.07) is 0. The summed E-state index contributed by atoms with van der Waals surface area (Å²) in [5.74, 6) is 0.00129. The van der Waals surface area contributed by atoms with Gasteiger partial charge in [0.2, 0.25) is 0 Å². The lowest BCUT2D eigenvalue weighted by Gasteiger charge is -2.18. The second-order valence-corrected chi connectivity index (χ2v) is 12.1. The molecule has 0 heterocycles. The van der Waals surface area contributed by atoms with Crippen molar-refractivity contribution in [1.29, 1.82) is 0 Å². The summed E-state index contributed by atoms with van der Waals surface area (Å²) in [6.45, 7) is 6.95. The number of esters is 1. The molecule has 0 aliphatic heterocycles. The van der Waals surface area contributed by atoms with E-state index in [9.17, 15) is 4.79 Å². The molecule has 0 aliphatic rings. The number of carbonyl (C=O) groups is 1. The molecule has 1 atom stereocenters. The highest BCUT2D eigenvalue weighted by molar-refractivity contribution is 5.69. The quantitative estimate of drug-likeness (QED) is 0.0471. The lowest BCUT2D eigenvalue weighted by molar-refractivity contribution is -0.150. The summed E-state index contributed by atoms with van der Waals surface area (Å²) < 4.78 is 5.96. The van der Waals surface area contributed by atoms with Crippen LogP contribution in [0.25, 0.3) is 0 Å². The molecular weight excluding hydrogens is 502 g/mol. The van der Waals surface area contributed by atoms with Crippen LogP contribution in [0.3, 0.4) is 0 Å². The van der Waals surface area contributed by atoms with Gasteiger partial charge in [0, 0.05) is 6.42 Å². The molecule has 0 N–H and O–H groups in total. The van der Waals surface area contributed by atoms with Crippen molar-refractivity contribution in [2.45, 2.75) is 167 Å². The highest BCUT2D eigenvalue weighted by Gasteiger charge is 2.14. The third kappa shape index (κ3) is 32.8. The molecule has 3 heteroatoms. The van der Waals surface area contributed by atoms with Crippen LogP contribution < -0.4 is 0 Å². The molecule has 0 aromatic rings. The van der Waals surface area contributed by atoms with Crippen LogP contribution in [0.1, 0.15) is 161 Å². The average Bonchev–Trinajstić information content (AvgIpc) is 2.95. The molecule has 1 unspecified atom stereocenters. The van der Waals surface area contributed by atoms with Crippen LogP contribution >= 0.6 is 0 Å². The molecule has 0 saturated heterocycles. The van der Waals surface area contributed by atoms with Gasteiger partial charge in [-0.2, -0.15) is 0 Å². The van der Waals surface area contributed by atoms with Gasteiger partial charge in [-0.3, -0.25) is 4.79 Å². The van der Waals surface area contributed by atoms with Gasteiger partial charge in [-0.1, -0.05) is 114 Å². The third-order valence-corrected chi connectivity index (χ3v) is 7.63. The SMILES string of the molecule is C=CC/C=C\CCCCCCCCC(CCCCCCCC/C=C\C/C=C\CCCCC)OC(=O)CCCN(C)C. The van der Waals surface area contributed by atoms with Crippen molar-refractivity contribution in [3.8, 4) is 0 Å². The monoisotopic (exact) mass is 572 g/mol. The first-order chi connectivity index (χ1) is 20.1. The van der Waals surface area contributed by atoms with E-state index in [1.54, 1.807) is 0 Å². The van der Waals surface area contributed by atoms with Gasteiger partial charge in [-0.25, -0.2) is 0 Å². The minimum atomic E-state index is 0.00129. The fourth-order valence-electron chi connectivity index (χ4n) is 5.06. The molecule has 0 fully saturated rings. The van der Waals surface area contributed by atoms with Crippen molar-refractivity contribution in [1.82, 2.24) is 4.90 Å². The van der Waals surface area contributed by atoms with Gasteiger partial charge < -0.3 is 9.64 Å². The summed E-state index contributed by atoms with van der Waals surface area (Å²) >= 11 is 0. The summed E-state index contributed by atoms with van der Waals surface area (Å²) in [5, 5.41) is 0. The van der Waals surface area contributed by atoms with Crippen molar-refractivity contribution in [3.63, 3.8) is 0 Å². The van der Waals surface area contributed by atoms with E-state index in [1.807, 2.05) is 6.08 Å². The molecule has 0 saturated carbocycles. The second-order valence-electron chi connectivity index (χ2n) is 12.1. The zero-order valence-electron chi connectivity index (χ0n) is 27.8. The van der Waals surface area contributed by atoms with Gasteiger partial charge in [0.1, 0.15) is 6.10 Å². The number of nitrogens with zero attached hydrogens (tertiary/aromatic N) is 1. The molecule has 0 aromatic carbocycles. The van der Waals surface area contributed by atoms with Gasteiger partial charge in [0.05, 0.1) is 0 Å². The Labute approximate surface area is 257 Å². The molecule has 0 amide bonds. The van der Waals surface area contributed by atoms with Crippen molar-refractivity contribution < 1.29 is 9.53 Å². The number of ether oxygens (including phenoxy) is 1. The minimum absolute atomic E-state index is 0.00129. The summed E-state index contributed by atoms with van der Waals surface area (Å²) in [4.78, 5) is 14.6. The van der Waals surface area contributed by atoms with Crippen LogP contribution in [-0.2, 0) is 9.53 Å². The van der Waals surface area contributed by atoms with Crippen molar-refractivity contribution in [3.05, 3.63) is 49.1 Å². The molecule has 0 bridgehead atoms. The number of hydrogen-bond donors (Lipinski definition) is 0. The van der Waals surface area contributed by atoms with E-state index in [4.69, 9.17) is 4.74 Å². The van der Waals surface area contributed by atoms with Crippen molar-refractivity contribution in [2.24, 2.45) is 0 Å². The van der Waals surface area contributed by atoms with E-state index < -0.39 is 0 Å². The first-order valence-corrected chi connectivity index (χ1v) is 17.5. The Bertz CT molecular complexity index is 649. The third-order valence-electron chi connectivity index (χ3n) is 7.63. The molecule has 0 aromatic heterocycles. The Morgan fingerprint density at radius 3 is 1.59 bits per heavy atom. The van der Waals surface area contributed by atoms with Gasteiger partial charge in [-0.05, 0) is 104 Å². The van der Waals surface area contributed by atoms with Gasteiger partial charge in [0.25, 0.3) is 0 Å². The standard InChI is InChI=1S/C38H69NO2/c1-5-7-9-11-13-15-17-18-19-20-21-23-25-27-29-31-34-37(41-38(40)35-32-36-39(3)4)33-30-28-26-24-22-16-14-12-10-8-6-2/h6,10,12-13,15,18-19,37H,2,5,7-9,11,14,16-17,20-36H2,1,3-4H3/b12-10-,15-13-,19-18-. The predicted octanol–water partition coefficient (Wildman–Crippen LogP) is 11.7. The maximum absolute atomic E-state index is 12.4. The van der Waals surface area contributed by atoms with E-state index in [1.165, 1.54) is 116 Å².